The zero-order chi connectivity index (χ0) is 22.2. The molecule has 0 spiro atoms. The normalized spacial score (nSPS) is 12.0. The molecule has 1 unspecified atom stereocenters. The van der Waals surface area contributed by atoms with Gasteiger partial charge in [-0.3, -0.25) is 14.6 Å². The first-order valence-corrected chi connectivity index (χ1v) is 9.54. The van der Waals surface area contributed by atoms with Crippen LogP contribution >= 0.6 is 11.6 Å². The molecule has 0 aliphatic carbocycles. The Morgan fingerprint density at radius 1 is 1.24 bits per heavy atom. The van der Waals surface area contributed by atoms with Crippen molar-refractivity contribution in [2.45, 2.75) is 52.4 Å². The van der Waals surface area contributed by atoms with E-state index in [4.69, 9.17) is 25.8 Å². The Balaban J connectivity index is 2.74. The summed E-state index contributed by atoms with van der Waals surface area (Å²) in [5, 5.41) is 0. The molecule has 9 nitrogen and oxygen atoms in total. The van der Waals surface area contributed by atoms with Crippen molar-refractivity contribution >= 4 is 35.6 Å². The van der Waals surface area contributed by atoms with E-state index in [1.807, 2.05) is 0 Å². The van der Waals surface area contributed by atoms with Crippen molar-refractivity contribution in [3.8, 4) is 0 Å². The van der Waals surface area contributed by atoms with Crippen LogP contribution in [0.4, 0.5) is 15.4 Å². The van der Waals surface area contributed by atoms with Crippen molar-refractivity contribution in [3.05, 3.63) is 23.9 Å². The van der Waals surface area contributed by atoms with Crippen LogP contribution in [0, 0.1) is 0 Å². The molecule has 10 heteroatoms. The highest BCUT2D eigenvalue weighted by atomic mass is 35.5. The van der Waals surface area contributed by atoms with Crippen molar-refractivity contribution in [1.82, 2.24) is 9.88 Å². The van der Waals surface area contributed by atoms with Gasteiger partial charge in [0.15, 0.2) is 5.56 Å². The molecule has 0 saturated heterocycles. The molecule has 162 valence electrons. The molecule has 0 bridgehead atoms. The summed E-state index contributed by atoms with van der Waals surface area (Å²) in [6.45, 7) is 8.36. The third-order valence-corrected chi connectivity index (χ3v) is 3.55. The highest BCUT2D eigenvalue weighted by Gasteiger charge is 2.24. The number of anilines is 1. The fourth-order valence-electron chi connectivity index (χ4n) is 2.14. The Kier molecular flexibility index (Phi) is 9.16. The molecule has 1 aromatic rings. The summed E-state index contributed by atoms with van der Waals surface area (Å²) in [6.07, 6.45) is 0.202. The second-order valence-electron chi connectivity index (χ2n) is 7.13. The van der Waals surface area contributed by atoms with Gasteiger partial charge in [0, 0.05) is 25.4 Å². The van der Waals surface area contributed by atoms with Gasteiger partial charge in [-0.15, -0.1) is 0 Å². The number of likely N-dealkylation sites (N-methyl/N-ethyl adjacent to an activating group) is 1. The van der Waals surface area contributed by atoms with Crippen molar-refractivity contribution < 1.29 is 28.6 Å². The minimum absolute atomic E-state index is 0.137. The third kappa shape index (κ3) is 8.55. The Morgan fingerprint density at radius 3 is 2.45 bits per heavy atom. The largest absolute Gasteiger partial charge is 0.459 e. The van der Waals surface area contributed by atoms with E-state index >= 15 is 0 Å². The van der Waals surface area contributed by atoms with Gasteiger partial charge in [0.25, 0.3) is 0 Å². The molecule has 0 fully saturated rings. The predicted molar refractivity (Wildman–Crippen MR) is 108 cm³/mol. The summed E-state index contributed by atoms with van der Waals surface area (Å²) >= 11 is 5.67. The average molecular weight is 430 g/mol. The van der Waals surface area contributed by atoms with E-state index in [1.54, 1.807) is 39.8 Å². The summed E-state index contributed by atoms with van der Waals surface area (Å²) in [5.41, 5.74) is -0.982. The summed E-state index contributed by atoms with van der Waals surface area (Å²) in [6, 6.07) is 3.31. The number of halogens is 1. The Hall–Kier alpha value is -2.55. The number of carbonyl (C=O) groups excluding carboxylic acids is 3. The third-order valence-electron chi connectivity index (χ3n) is 3.46. The van der Waals surface area contributed by atoms with E-state index in [-0.39, 0.29) is 25.5 Å². The molecule has 0 aromatic carbocycles. The van der Waals surface area contributed by atoms with Gasteiger partial charge in [-0.25, -0.2) is 14.6 Å². The first kappa shape index (κ1) is 24.5. The van der Waals surface area contributed by atoms with Gasteiger partial charge < -0.3 is 14.2 Å². The Morgan fingerprint density at radius 2 is 1.90 bits per heavy atom. The smallest absolute Gasteiger partial charge is 0.416 e. The fraction of sp³-hybridized carbons (Fsp3) is 0.579. The monoisotopic (exact) mass is 429 g/mol. The van der Waals surface area contributed by atoms with Crippen LogP contribution in [-0.2, 0) is 25.6 Å². The topological polar surface area (TPSA) is 98.3 Å². The number of hydrogen-bond acceptors (Lipinski definition) is 7. The molecule has 1 atom stereocenters. The average Bonchev–Trinajstić information content (AvgIpc) is 2.61. The van der Waals surface area contributed by atoms with Crippen LogP contribution in [0.2, 0.25) is 0 Å². The molecule has 2 amide bonds. The highest BCUT2D eigenvalue weighted by molar-refractivity contribution is 6.20. The second-order valence-corrected chi connectivity index (χ2v) is 7.74. The summed E-state index contributed by atoms with van der Waals surface area (Å²) in [4.78, 5) is 42.9. The standard InChI is InChI=1S/C19H28ClN3O6/c1-7-23(18(26)29-19(3,4)5)11-15(24)27-12-14-9-8-10-21-16(14)22(6)17(25)28-13(2)20/h8-10,13H,7,11-12H2,1-6H3. The predicted octanol–water partition coefficient (Wildman–Crippen LogP) is 3.54. The first-order valence-electron chi connectivity index (χ1n) is 9.10. The number of aromatic nitrogens is 1. The lowest BCUT2D eigenvalue weighted by molar-refractivity contribution is -0.146. The fourth-order valence-corrected chi connectivity index (χ4v) is 2.22. The maximum absolute atomic E-state index is 12.2. The second kappa shape index (κ2) is 10.8. The van der Waals surface area contributed by atoms with Crippen LogP contribution in [0.3, 0.4) is 0 Å². The minimum atomic E-state index is -0.803. The van der Waals surface area contributed by atoms with Crippen molar-refractivity contribution in [1.29, 1.82) is 0 Å². The van der Waals surface area contributed by atoms with Crippen LogP contribution in [0.1, 0.15) is 40.2 Å². The zero-order valence-corrected chi connectivity index (χ0v) is 18.4. The number of pyridine rings is 1. The SMILES string of the molecule is CCN(CC(=O)OCc1cccnc1N(C)C(=O)OC(C)Cl)C(=O)OC(C)(C)C. The van der Waals surface area contributed by atoms with Gasteiger partial charge in [-0.1, -0.05) is 17.7 Å². The van der Waals surface area contributed by atoms with Gasteiger partial charge in [-0.05, 0) is 40.7 Å². The van der Waals surface area contributed by atoms with E-state index in [0.29, 0.717) is 5.56 Å². The Labute approximate surface area is 175 Å². The number of alkyl halides is 1. The molecular formula is C19H28ClN3O6. The number of nitrogens with zero attached hydrogens (tertiary/aromatic N) is 3. The number of ether oxygens (including phenoxy) is 3. The van der Waals surface area contributed by atoms with Crippen molar-refractivity contribution in [3.63, 3.8) is 0 Å². The lowest BCUT2D eigenvalue weighted by Gasteiger charge is -2.26. The van der Waals surface area contributed by atoms with Crippen LogP contribution in [0.25, 0.3) is 0 Å². The van der Waals surface area contributed by atoms with E-state index in [2.05, 4.69) is 4.98 Å². The molecule has 0 radical (unpaired) electrons. The van der Waals surface area contributed by atoms with Gasteiger partial charge in [0.05, 0.1) is 0 Å². The van der Waals surface area contributed by atoms with Gasteiger partial charge in [0.2, 0.25) is 0 Å². The maximum atomic E-state index is 12.2. The lowest BCUT2D eigenvalue weighted by atomic mass is 10.2. The summed E-state index contributed by atoms with van der Waals surface area (Å²) < 4.78 is 15.4. The van der Waals surface area contributed by atoms with Gasteiger partial charge in [0.1, 0.15) is 24.6 Å². The number of amides is 2. The molecule has 1 aromatic heterocycles. The van der Waals surface area contributed by atoms with Gasteiger partial charge >= 0.3 is 18.2 Å². The Bertz CT molecular complexity index is 720. The zero-order valence-electron chi connectivity index (χ0n) is 17.6. The number of rotatable bonds is 7. The van der Waals surface area contributed by atoms with Crippen LogP contribution in [0.5, 0.6) is 0 Å². The molecule has 1 rings (SSSR count). The van der Waals surface area contributed by atoms with Crippen molar-refractivity contribution in [2.75, 3.05) is 25.0 Å². The van der Waals surface area contributed by atoms with E-state index < -0.39 is 29.3 Å². The molecule has 0 aliphatic rings. The lowest BCUT2D eigenvalue weighted by Crippen LogP contribution is -2.40. The van der Waals surface area contributed by atoms with E-state index in [1.165, 1.54) is 30.0 Å². The van der Waals surface area contributed by atoms with Crippen LogP contribution in [-0.4, -0.2) is 59.3 Å². The van der Waals surface area contributed by atoms with Gasteiger partial charge in [-0.2, -0.15) is 0 Å². The van der Waals surface area contributed by atoms with E-state index in [9.17, 15) is 14.4 Å². The number of hydrogen-bond donors (Lipinski definition) is 0. The quantitative estimate of drug-likeness (QED) is 0.371. The highest BCUT2D eigenvalue weighted by Crippen LogP contribution is 2.18. The summed E-state index contributed by atoms with van der Waals surface area (Å²) in [5.74, 6) is -0.353. The molecule has 0 aliphatic heterocycles. The molecule has 29 heavy (non-hydrogen) atoms. The molecular weight excluding hydrogens is 402 g/mol. The molecule has 0 saturated carbocycles. The minimum Gasteiger partial charge on any atom is -0.459 e. The van der Waals surface area contributed by atoms with Crippen LogP contribution in [0.15, 0.2) is 18.3 Å². The van der Waals surface area contributed by atoms with Crippen molar-refractivity contribution in [2.24, 2.45) is 0 Å². The number of carbonyl (C=O) groups is 3. The summed E-state index contributed by atoms with van der Waals surface area (Å²) in [7, 11) is 1.47. The van der Waals surface area contributed by atoms with E-state index in [0.717, 1.165) is 0 Å². The maximum Gasteiger partial charge on any atom is 0.416 e. The molecule has 0 N–H and O–H groups in total. The van der Waals surface area contributed by atoms with Crippen LogP contribution < -0.4 is 4.90 Å². The molecule has 1 heterocycles. The first-order chi connectivity index (χ1) is 13.4. The number of esters is 1.